The molecule has 6 nitrogen and oxygen atoms in total. The normalized spacial score (nSPS) is 11.2. The number of urea groups is 1. The molecule has 10 heteroatoms. The first-order chi connectivity index (χ1) is 10.6. The van der Waals surface area contributed by atoms with E-state index in [1.165, 1.54) is 30.3 Å². The molecule has 0 aliphatic rings. The number of amides is 2. The Kier molecular flexibility index (Phi) is 5.73. The lowest BCUT2D eigenvalue weighted by molar-refractivity contribution is 0.262. The molecule has 0 spiro atoms. The second-order valence-corrected chi connectivity index (χ2v) is 7.80. The third kappa shape index (κ3) is 5.21. The number of anilines is 2. The number of halogens is 3. The molecule has 0 aliphatic heterocycles. The van der Waals surface area contributed by atoms with Crippen LogP contribution in [0.1, 0.15) is 0 Å². The highest BCUT2D eigenvalue weighted by molar-refractivity contribution is 9.10. The van der Waals surface area contributed by atoms with Gasteiger partial charge in [0.25, 0.3) is 0 Å². The zero-order valence-corrected chi connectivity index (χ0v) is 15.2. The number of benzene rings is 2. The highest BCUT2D eigenvalue weighted by atomic mass is 79.9. The van der Waals surface area contributed by atoms with Gasteiger partial charge in [0.2, 0.25) is 0 Å². The lowest BCUT2D eigenvalue weighted by Gasteiger charge is -2.13. The maximum atomic E-state index is 12.0. The average molecular weight is 440 g/mol. The van der Waals surface area contributed by atoms with Crippen LogP contribution < -0.4 is 15.9 Å². The van der Waals surface area contributed by atoms with Crippen LogP contribution in [0, 0.1) is 0 Å². The van der Waals surface area contributed by atoms with E-state index in [-0.39, 0.29) is 11.0 Å². The summed E-state index contributed by atoms with van der Waals surface area (Å²) in [5.41, 5.74) is 0.335. The van der Waals surface area contributed by atoms with Crippen molar-refractivity contribution in [2.45, 2.75) is 0 Å². The fourth-order valence-electron chi connectivity index (χ4n) is 1.76. The first-order valence-corrected chi connectivity index (χ1v) is 9.21. The average Bonchev–Trinajstić information content (AvgIpc) is 2.38. The number of carbonyl (C=O) groups excluding carboxylic acids is 1. The summed E-state index contributed by atoms with van der Waals surface area (Å²) in [5, 5.41) is 5.24. The van der Waals surface area contributed by atoms with E-state index in [0.717, 1.165) is 0 Å². The third-order valence-electron chi connectivity index (χ3n) is 2.64. The molecule has 0 saturated heterocycles. The van der Waals surface area contributed by atoms with Gasteiger partial charge in [0.05, 0.1) is 11.0 Å². The van der Waals surface area contributed by atoms with Gasteiger partial charge in [0.15, 0.2) is 0 Å². The summed E-state index contributed by atoms with van der Waals surface area (Å²) in [4.78, 5) is 30.7. The molecule has 0 bridgehead atoms. The molecule has 2 rings (SSSR count). The molecule has 0 aromatic heterocycles. The maximum absolute atomic E-state index is 12.0. The van der Waals surface area contributed by atoms with E-state index < -0.39 is 13.6 Å². The van der Waals surface area contributed by atoms with Crippen molar-refractivity contribution < 1.29 is 19.1 Å². The highest BCUT2D eigenvalue weighted by Crippen LogP contribution is 2.37. The minimum absolute atomic E-state index is 0.00726. The van der Waals surface area contributed by atoms with Gasteiger partial charge in [-0.05, 0) is 36.4 Å². The molecular weight excluding hydrogens is 430 g/mol. The van der Waals surface area contributed by atoms with Crippen LogP contribution in [0.25, 0.3) is 0 Å². The number of nitrogens with one attached hydrogen (secondary N) is 2. The predicted molar refractivity (Wildman–Crippen MR) is 94.9 cm³/mol. The van der Waals surface area contributed by atoms with Gasteiger partial charge in [-0.25, -0.2) is 4.79 Å². The van der Waals surface area contributed by atoms with Crippen molar-refractivity contribution in [2.75, 3.05) is 10.6 Å². The van der Waals surface area contributed by atoms with Crippen molar-refractivity contribution in [3.05, 3.63) is 50.9 Å². The fraction of sp³-hybridized carbons (Fsp3) is 0. The summed E-state index contributed by atoms with van der Waals surface area (Å²) in [7, 11) is -4.55. The number of hydrogen-bond acceptors (Lipinski definition) is 2. The summed E-state index contributed by atoms with van der Waals surface area (Å²) in [6.07, 6.45) is 0. The molecule has 4 N–H and O–H groups in total. The van der Waals surface area contributed by atoms with Crippen molar-refractivity contribution in [2.24, 2.45) is 0 Å². The monoisotopic (exact) mass is 438 g/mol. The number of rotatable bonds is 3. The summed E-state index contributed by atoms with van der Waals surface area (Å²) in [6, 6.07) is 7.95. The van der Waals surface area contributed by atoms with E-state index in [9.17, 15) is 19.1 Å². The highest BCUT2D eigenvalue weighted by Gasteiger charge is 2.23. The van der Waals surface area contributed by atoms with E-state index >= 15 is 0 Å². The zero-order valence-electron chi connectivity index (χ0n) is 11.3. The topological polar surface area (TPSA) is 98.7 Å². The molecule has 122 valence electrons. The minimum atomic E-state index is -4.55. The maximum Gasteiger partial charge on any atom is 0.358 e. The Morgan fingerprint density at radius 2 is 1.65 bits per heavy atom. The van der Waals surface area contributed by atoms with E-state index in [1.807, 2.05) is 0 Å². The van der Waals surface area contributed by atoms with Crippen LogP contribution in [0.2, 0.25) is 10.0 Å². The summed E-state index contributed by atoms with van der Waals surface area (Å²) >= 11 is 14.8. The largest absolute Gasteiger partial charge is 0.358 e. The van der Waals surface area contributed by atoms with E-state index in [2.05, 4.69) is 26.6 Å². The molecule has 0 unspecified atom stereocenters. The van der Waals surface area contributed by atoms with Gasteiger partial charge in [-0.1, -0.05) is 39.1 Å². The predicted octanol–water partition coefficient (Wildman–Crippen LogP) is 4.20. The third-order valence-corrected chi connectivity index (χ3v) is 4.57. The van der Waals surface area contributed by atoms with Crippen LogP contribution in [-0.2, 0) is 4.57 Å². The Hall–Kier alpha value is -1.08. The Labute approximate surface area is 150 Å². The van der Waals surface area contributed by atoms with Crippen molar-refractivity contribution in [1.29, 1.82) is 0 Å². The van der Waals surface area contributed by atoms with Gasteiger partial charge in [0.1, 0.15) is 0 Å². The summed E-state index contributed by atoms with van der Waals surface area (Å²) in [5.74, 6) is 0. The molecule has 0 atom stereocenters. The molecule has 0 fully saturated rings. The van der Waals surface area contributed by atoms with E-state index in [1.54, 1.807) is 6.07 Å². The molecule has 2 aromatic carbocycles. The van der Waals surface area contributed by atoms with Crippen molar-refractivity contribution in [3.8, 4) is 0 Å². The van der Waals surface area contributed by atoms with Gasteiger partial charge < -0.3 is 20.4 Å². The van der Waals surface area contributed by atoms with Crippen LogP contribution in [-0.4, -0.2) is 15.8 Å². The first-order valence-electron chi connectivity index (χ1n) is 6.05. The molecule has 0 heterocycles. The number of carbonyl (C=O) groups is 1. The van der Waals surface area contributed by atoms with E-state index in [0.29, 0.717) is 20.2 Å². The van der Waals surface area contributed by atoms with Crippen LogP contribution >= 0.6 is 46.7 Å². The molecule has 0 saturated carbocycles. The SMILES string of the molecule is O=C(Nc1cc(Cl)cc(Cl)c1)Nc1ccc(Br)cc1P(=O)(O)O. The van der Waals surface area contributed by atoms with Gasteiger partial charge >= 0.3 is 13.6 Å². The minimum Gasteiger partial charge on any atom is -0.321 e. The van der Waals surface area contributed by atoms with Crippen LogP contribution in [0.15, 0.2) is 40.9 Å². The van der Waals surface area contributed by atoms with Gasteiger partial charge in [-0.15, -0.1) is 0 Å². The summed E-state index contributed by atoms with van der Waals surface area (Å²) < 4.78 is 12.0. The van der Waals surface area contributed by atoms with Crippen molar-refractivity contribution in [3.63, 3.8) is 0 Å². The molecule has 2 amide bonds. The van der Waals surface area contributed by atoms with Crippen LogP contribution in [0.3, 0.4) is 0 Å². The quantitative estimate of drug-likeness (QED) is 0.538. The molecule has 23 heavy (non-hydrogen) atoms. The second kappa shape index (κ2) is 7.21. The number of hydrogen-bond donors (Lipinski definition) is 4. The Morgan fingerprint density at radius 1 is 1.04 bits per heavy atom. The first kappa shape index (κ1) is 18.3. The Morgan fingerprint density at radius 3 is 2.22 bits per heavy atom. The smallest absolute Gasteiger partial charge is 0.321 e. The second-order valence-electron chi connectivity index (χ2n) is 4.44. The van der Waals surface area contributed by atoms with E-state index in [4.69, 9.17) is 23.2 Å². The van der Waals surface area contributed by atoms with Crippen molar-refractivity contribution in [1.82, 2.24) is 0 Å². The Balaban J connectivity index is 2.22. The van der Waals surface area contributed by atoms with Crippen LogP contribution in [0.5, 0.6) is 0 Å². The van der Waals surface area contributed by atoms with Gasteiger partial charge in [-0.3, -0.25) is 4.57 Å². The summed E-state index contributed by atoms with van der Waals surface area (Å²) in [6.45, 7) is 0. The zero-order chi connectivity index (χ0) is 17.2. The van der Waals surface area contributed by atoms with Gasteiger partial charge in [0, 0.05) is 20.2 Å². The standard InChI is InChI=1S/C13H10BrCl2N2O4P/c14-7-1-2-11(12(3-7)23(20,21)22)18-13(19)17-10-5-8(15)4-9(16)6-10/h1-6H,(H2,17,18,19)(H2,20,21,22). The fourth-order valence-corrected chi connectivity index (χ4v) is 3.58. The molecule has 0 radical (unpaired) electrons. The lowest BCUT2D eigenvalue weighted by atomic mass is 10.3. The van der Waals surface area contributed by atoms with Gasteiger partial charge in [-0.2, -0.15) is 0 Å². The molecule has 2 aromatic rings. The molecule has 0 aliphatic carbocycles. The van der Waals surface area contributed by atoms with Crippen LogP contribution in [0.4, 0.5) is 16.2 Å². The molecular formula is C13H10BrCl2N2O4P. The van der Waals surface area contributed by atoms with Crippen molar-refractivity contribution >= 4 is 69.4 Å². The Bertz CT molecular complexity index is 792. The lowest BCUT2D eigenvalue weighted by Crippen LogP contribution is -2.23.